The first-order valence-electron chi connectivity index (χ1n) is 11.7. The molecule has 1 N–H and O–H groups in total. The Morgan fingerprint density at radius 1 is 1.06 bits per heavy atom. The van der Waals surface area contributed by atoms with Gasteiger partial charge in [-0.15, -0.1) is 0 Å². The number of Topliss-reactive ketones (excluding diaryl/α,β-unsaturated/α-hetero) is 1. The number of carbonyl (C=O) groups excluding carboxylic acids is 2. The molecule has 0 saturated carbocycles. The van der Waals surface area contributed by atoms with Gasteiger partial charge in [0.25, 0.3) is 11.7 Å². The summed E-state index contributed by atoms with van der Waals surface area (Å²) in [4.78, 5) is 28.1. The molecule has 0 bridgehead atoms. The Hall–Kier alpha value is -4.13. The van der Waals surface area contributed by atoms with Gasteiger partial charge < -0.3 is 14.6 Å². The largest absolute Gasteiger partial charge is 0.507 e. The third kappa shape index (κ3) is 4.82. The van der Waals surface area contributed by atoms with Crippen LogP contribution in [0.4, 0.5) is 10.1 Å². The van der Waals surface area contributed by atoms with Crippen LogP contribution < -0.4 is 14.4 Å². The highest BCUT2D eigenvalue weighted by molar-refractivity contribution is 6.51. The van der Waals surface area contributed by atoms with Crippen molar-refractivity contribution in [1.82, 2.24) is 0 Å². The van der Waals surface area contributed by atoms with Crippen LogP contribution >= 0.6 is 0 Å². The Morgan fingerprint density at radius 3 is 2.50 bits per heavy atom. The fourth-order valence-corrected chi connectivity index (χ4v) is 4.24. The lowest BCUT2D eigenvalue weighted by Gasteiger charge is -2.26. The Kier molecular flexibility index (Phi) is 7.10. The van der Waals surface area contributed by atoms with E-state index >= 15 is 0 Å². The molecule has 36 heavy (non-hydrogen) atoms. The second kappa shape index (κ2) is 10.2. The highest BCUT2D eigenvalue weighted by atomic mass is 19.1. The average molecular weight is 490 g/mol. The fourth-order valence-electron chi connectivity index (χ4n) is 4.24. The first kappa shape index (κ1) is 25.0. The van der Waals surface area contributed by atoms with Crippen LogP contribution in [0.5, 0.6) is 11.5 Å². The second-order valence-electron chi connectivity index (χ2n) is 9.13. The van der Waals surface area contributed by atoms with E-state index in [4.69, 9.17) is 9.47 Å². The lowest BCUT2D eigenvalue weighted by molar-refractivity contribution is -0.132. The number of aryl methyl sites for hydroxylation is 1. The minimum atomic E-state index is -0.970. The fraction of sp³-hybridized carbons (Fsp3) is 0.241. The first-order valence-corrected chi connectivity index (χ1v) is 11.7. The molecule has 7 heteroatoms. The Labute approximate surface area is 209 Å². The zero-order valence-corrected chi connectivity index (χ0v) is 20.6. The minimum absolute atomic E-state index is 0.0167. The van der Waals surface area contributed by atoms with E-state index in [1.807, 2.05) is 26.8 Å². The molecule has 3 aromatic carbocycles. The summed E-state index contributed by atoms with van der Waals surface area (Å²) in [6, 6.07) is 16.9. The lowest BCUT2D eigenvalue weighted by Crippen LogP contribution is -2.29. The van der Waals surface area contributed by atoms with Crippen molar-refractivity contribution in [3.63, 3.8) is 0 Å². The summed E-state index contributed by atoms with van der Waals surface area (Å²) in [7, 11) is 1.38. The lowest BCUT2D eigenvalue weighted by atomic mass is 9.94. The Bertz CT molecular complexity index is 1350. The van der Waals surface area contributed by atoms with E-state index in [9.17, 15) is 19.1 Å². The molecule has 1 aliphatic rings. The van der Waals surface area contributed by atoms with Gasteiger partial charge in [0.15, 0.2) is 0 Å². The minimum Gasteiger partial charge on any atom is -0.507 e. The van der Waals surface area contributed by atoms with E-state index < -0.39 is 29.3 Å². The summed E-state index contributed by atoms with van der Waals surface area (Å²) in [6.45, 7) is 6.43. The standard InChI is InChI=1S/C29H28FNO5/c1-17(2)16-36-22-10-6-8-19(14-22)26-25(27(32)23-15-20(30)11-12-24(23)35-4)28(33)29(34)31(26)21-9-5-7-18(3)13-21/h5-15,17,26,32H,16H2,1-4H3/b27-25+. The number of hydrogen-bond acceptors (Lipinski definition) is 5. The molecule has 0 spiro atoms. The number of aliphatic hydroxyl groups excluding tert-OH is 1. The molecule has 1 unspecified atom stereocenters. The van der Waals surface area contributed by atoms with Crippen molar-refractivity contribution in [3.05, 3.63) is 94.8 Å². The highest BCUT2D eigenvalue weighted by Crippen LogP contribution is 2.44. The van der Waals surface area contributed by atoms with Crippen LogP contribution in [0.15, 0.2) is 72.3 Å². The molecule has 186 valence electrons. The second-order valence-corrected chi connectivity index (χ2v) is 9.13. The summed E-state index contributed by atoms with van der Waals surface area (Å²) in [5, 5.41) is 11.3. The monoisotopic (exact) mass is 489 g/mol. The molecular formula is C29H28FNO5. The molecule has 1 atom stereocenters. The van der Waals surface area contributed by atoms with Crippen molar-refractivity contribution in [2.45, 2.75) is 26.8 Å². The van der Waals surface area contributed by atoms with Crippen molar-refractivity contribution in [3.8, 4) is 11.5 Å². The molecule has 0 aromatic heterocycles. The van der Waals surface area contributed by atoms with Gasteiger partial charge in [-0.05, 0) is 66.4 Å². The van der Waals surface area contributed by atoms with Gasteiger partial charge in [0.05, 0.1) is 30.9 Å². The summed E-state index contributed by atoms with van der Waals surface area (Å²) in [6.07, 6.45) is 0. The average Bonchev–Trinajstić information content (AvgIpc) is 3.12. The van der Waals surface area contributed by atoms with Crippen molar-refractivity contribution in [2.75, 3.05) is 18.6 Å². The number of carbonyl (C=O) groups is 2. The van der Waals surface area contributed by atoms with Gasteiger partial charge in [-0.25, -0.2) is 4.39 Å². The van der Waals surface area contributed by atoms with Crippen molar-refractivity contribution >= 4 is 23.1 Å². The number of amides is 1. The van der Waals surface area contributed by atoms with Crippen LogP contribution in [-0.4, -0.2) is 30.5 Å². The van der Waals surface area contributed by atoms with Crippen molar-refractivity contribution < 1.29 is 28.6 Å². The molecule has 0 radical (unpaired) electrons. The SMILES string of the molecule is COc1ccc(F)cc1/C(O)=C1\C(=O)C(=O)N(c2cccc(C)c2)C1c1cccc(OCC(C)C)c1. The number of ketones is 1. The van der Waals surface area contributed by atoms with E-state index in [-0.39, 0.29) is 16.9 Å². The zero-order valence-electron chi connectivity index (χ0n) is 20.6. The maximum Gasteiger partial charge on any atom is 0.300 e. The maximum atomic E-state index is 14.1. The normalized spacial score (nSPS) is 17.1. The predicted octanol–water partition coefficient (Wildman–Crippen LogP) is 5.80. The van der Waals surface area contributed by atoms with Crippen LogP contribution in [0.1, 0.15) is 36.6 Å². The predicted molar refractivity (Wildman–Crippen MR) is 136 cm³/mol. The van der Waals surface area contributed by atoms with Gasteiger partial charge in [0.2, 0.25) is 0 Å². The van der Waals surface area contributed by atoms with Gasteiger partial charge >= 0.3 is 0 Å². The molecule has 1 aliphatic heterocycles. The van der Waals surface area contributed by atoms with Gasteiger partial charge in [-0.1, -0.05) is 38.1 Å². The summed E-state index contributed by atoms with van der Waals surface area (Å²) >= 11 is 0. The van der Waals surface area contributed by atoms with E-state index in [0.29, 0.717) is 29.5 Å². The van der Waals surface area contributed by atoms with E-state index in [1.165, 1.54) is 24.1 Å². The van der Waals surface area contributed by atoms with Gasteiger partial charge in [0, 0.05) is 5.69 Å². The number of ether oxygens (including phenoxy) is 2. The number of aliphatic hydroxyl groups is 1. The Morgan fingerprint density at radius 2 is 1.81 bits per heavy atom. The highest BCUT2D eigenvalue weighted by Gasteiger charge is 2.47. The molecule has 6 nitrogen and oxygen atoms in total. The smallest absolute Gasteiger partial charge is 0.300 e. The van der Waals surface area contributed by atoms with Crippen LogP contribution in [0.25, 0.3) is 5.76 Å². The number of hydrogen-bond donors (Lipinski definition) is 1. The zero-order chi connectivity index (χ0) is 26.0. The first-order chi connectivity index (χ1) is 17.2. The number of methoxy groups -OCH3 is 1. The van der Waals surface area contributed by atoms with E-state index in [1.54, 1.807) is 42.5 Å². The third-order valence-corrected chi connectivity index (χ3v) is 5.90. The summed E-state index contributed by atoms with van der Waals surface area (Å²) in [5.41, 5.74) is 1.78. The van der Waals surface area contributed by atoms with E-state index in [0.717, 1.165) is 11.6 Å². The topological polar surface area (TPSA) is 76.1 Å². The molecule has 3 aromatic rings. The number of anilines is 1. The quantitative estimate of drug-likeness (QED) is 0.258. The van der Waals surface area contributed by atoms with Crippen molar-refractivity contribution in [2.24, 2.45) is 5.92 Å². The van der Waals surface area contributed by atoms with Crippen LogP contribution in [-0.2, 0) is 9.59 Å². The van der Waals surface area contributed by atoms with Gasteiger partial charge in [-0.2, -0.15) is 0 Å². The third-order valence-electron chi connectivity index (χ3n) is 5.90. The molecule has 0 aliphatic carbocycles. The van der Waals surface area contributed by atoms with Crippen LogP contribution in [0.2, 0.25) is 0 Å². The molecule has 1 heterocycles. The van der Waals surface area contributed by atoms with Gasteiger partial charge in [-0.3, -0.25) is 14.5 Å². The number of nitrogens with zero attached hydrogens (tertiary/aromatic N) is 1. The van der Waals surface area contributed by atoms with Gasteiger partial charge in [0.1, 0.15) is 23.1 Å². The number of rotatable bonds is 7. The summed E-state index contributed by atoms with van der Waals surface area (Å²) < 4.78 is 25.3. The molecule has 1 saturated heterocycles. The van der Waals surface area contributed by atoms with Crippen LogP contribution in [0.3, 0.4) is 0 Å². The van der Waals surface area contributed by atoms with Crippen molar-refractivity contribution in [1.29, 1.82) is 0 Å². The number of halogens is 1. The van der Waals surface area contributed by atoms with Crippen LogP contribution in [0, 0.1) is 18.7 Å². The van der Waals surface area contributed by atoms with E-state index in [2.05, 4.69) is 0 Å². The number of benzene rings is 3. The summed E-state index contributed by atoms with van der Waals surface area (Å²) in [5.74, 6) is -1.77. The maximum absolute atomic E-state index is 14.1. The molecule has 1 amide bonds. The Balaban J connectivity index is 1.94. The molecule has 4 rings (SSSR count). The molecule has 1 fully saturated rings. The molecular weight excluding hydrogens is 461 g/mol.